The van der Waals surface area contributed by atoms with Crippen LogP contribution in [0.15, 0.2) is 56.6 Å². The fraction of sp³-hybridized carbons (Fsp3) is 0.125. The molecule has 0 saturated heterocycles. The summed E-state index contributed by atoms with van der Waals surface area (Å²) >= 11 is 1.37. The first-order valence-electron chi connectivity index (χ1n) is 6.25. The predicted molar refractivity (Wildman–Crippen MR) is 80.9 cm³/mol. The van der Waals surface area contributed by atoms with Crippen LogP contribution in [0.1, 0.15) is 6.42 Å². The fourth-order valence-electron chi connectivity index (χ4n) is 2.16. The molecule has 0 bridgehead atoms. The van der Waals surface area contributed by atoms with Gasteiger partial charge in [0.05, 0.1) is 11.0 Å². The maximum absolute atomic E-state index is 11.9. The number of rotatable bonds is 3. The van der Waals surface area contributed by atoms with Gasteiger partial charge in [0.1, 0.15) is 5.58 Å². The minimum atomic E-state index is -0.337. The molecule has 0 unspecified atom stereocenters. The molecule has 20 heavy (non-hydrogen) atoms. The minimum Gasteiger partial charge on any atom is -0.422 e. The summed E-state index contributed by atoms with van der Waals surface area (Å²) in [6.45, 7) is 0. The highest BCUT2D eigenvalue weighted by Crippen LogP contribution is 2.27. The number of hydrogen-bond donors (Lipinski definition) is 0. The Balaban J connectivity index is 2.19. The molecule has 0 aliphatic heterocycles. The van der Waals surface area contributed by atoms with E-state index in [4.69, 9.17) is 9.68 Å². The molecule has 3 rings (SSSR count). The van der Waals surface area contributed by atoms with Crippen LogP contribution in [0.4, 0.5) is 0 Å². The van der Waals surface area contributed by atoms with Crippen molar-refractivity contribution in [3.8, 4) is 6.07 Å². The first-order chi connectivity index (χ1) is 9.79. The van der Waals surface area contributed by atoms with Gasteiger partial charge < -0.3 is 4.42 Å². The fourth-order valence-corrected chi connectivity index (χ4v) is 2.93. The number of nitrogens with zero attached hydrogens (tertiary/aromatic N) is 1. The summed E-state index contributed by atoms with van der Waals surface area (Å²) in [6, 6.07) is 15.7. The van der Waals surface area contributed by atoms with E-state index in [-0.39, 0.29) is 5.63 Å². The monoisotopic (exact) mass is 281 g/mol. The summed E-state index contributed by atoms with van der Waals surface area (Å²) in [7, 11) is 0. The van der Waals surface area contributed by atoms with Gasteiger partial charge in [-0.05, 0) is 22.9 Å². The minimum absolute atomic E-state index is 0.337. The highest BCUT2D eigenvalue weighted by atomic mass is 32.2. The van der Waals surface area contributed by atoms with Crippen molar-refractivity contribution in [2.24, 2.45) is 0 Å². The Bertz CT molecular complexity index is 877. The molecular weight excluding hydrogens is 270 g/mol. The third kappa shape index (κ3) is 2.28. The van der Waals surface area contributed by atoms with E-state index in [1.807, 2.05) is 42.5 Å². The number of hydrogen-bond acceptors (Lipinski definition) is 4. The molecular formula is C16H11NO2S. The smallest absolute Gasteiger partial charge is 0.350 e. The number of fused-ring (bicyclic) bond motifs is 3. The molecule has 0 amide bonds. The highest BCUT2D eigenvalue weighted by Gasteiger charge is 2.08. The summed E-state index contributed by atoms with van der Waals surface area (Å²) in [4.78, 5) is 12.5. The van der Waals surface area contributed by atoms with Crippen LogP contribution in [-0.4, -0.2) is 5.75 Å². The van der Waals surface area contributed by atoms with Crippen molar-refractivity contribution in [2.75, 3.05) is 5.75 Å². The Morgan fingerprint density at radius 3 is 2.85 bits per heavy atom. The molecule has 0 aliphatic carbocycles. The van der Waals surface area contributed by atoms with Crippen molar-refractivity contribution in [3.05, 3.63) is 52.9 Å². The Kier molecular flexibility index (Phi) is 3.44. The average Bonchev–Trinajstić information content (AvgIpc) is 2.48. The van der Waals surface area contributed by atoms with E-state index in [1.54, 1.807) is 0 Å². The Morgan fingerprint density at radius 1 is 1.15 bits per heavy atom. The number of benzene rings is 2. The van der Waals surface area contributed by atoms with E-state index < -0.39 is 0 Å². The number of thioether (sulfide) groups is 1. The van der Waals surface area contributed by atoms with Crippen LogP contribution in [0.25, 0.3) is 21.7 Å². The Hall–Kier alpha value is -2.25. The lowest BCUT2D eigenvalue weighted by atomic mass is 10.1. The van der Waals surface area contributed by atoms with Crippen molar-refractivity contribution in [3.63, 3.8) is 0 Å². The third-order valence-electron chi connectivity index (χ3n) is 3.08. The SMILES string of the molecule is N#CCCSc1cc2c(ccc3ccccc32)oc1=O. The first-order valence-corrected chi connectivity index (χ1v) is 7.23. The van der Waals surface area contributed by atoms with Crippen LogP contribution >= 0.6 is 11.8 Å². The second-order valence-corrected chi connectivity index (χ2v) is 5.49. The standard InChI is InChI=1S/C16H11NO2S/c17-8-3-9-20-15-10-13-12-5-2-1-4-11(12)6-7-14(13)19-16(15)18/h1-2,4-7,10H,3,9H2. The average molecular weight is 281 g/mol. The van der Waals surface area contributed by atoms with Crippen molar-refractivity contribution in [1.82, 2.24) is 0 Å². The van der Waals surface area contributed by atoms with Gasteiger partial charge in [0.15, 0.2) is 0 Å². The molecule has 2 aromatic carbocycles. The molecule has 0 atom stereocenters. The summed E-state index contributed by atoms with van der Waals surface area (Å²) in [5, 5.41) is 11.7. The van der Waals surface area contributed by atoms with Crippen molar-refractivity contribution in [2.45, 2.75) is 11.3 Å². The lowest BCUT2D eigenvalue weighted by Gasteiger charge is -2.04. The first kappa shape index (κ1) is 12.8. The van der Waals surface area contributed by atoms with Gasteiger partial charge in [-0.25, -0.2) is 4.79 Å². The molecule has 3 aromatic rings. The van der Waals surface area contributed by atoms with E-state index in [0.717, 1.165) is 16.2 Å². The van der Waals surface area contributed by atoms with Gasteiger partial charge in [-0.1, -0.05) is 30.3 Å². The van der Waals surface area contributed by atoms with Crippen molar-refractivity contribution >= 4 is 33.5 Å². The molecule has 0 N–H and O–H groups in total. The second-order valence-electron chi connectivity index (χ2n) is 4.35. The number of nitriles is 1. The van der Waals surface area contributed by atoms with Crippen LogP contribution in [0.2, 0.25) is 0 Å². The van der Waals surface area contributed by atoms with Crippen LogP contribution in [0.5, 0.6) is 0 Å². The van der Waals surface area contributed by atoms with Crippen LogP contribution in [0, 0.1) is 11.3 Å². The zero-order chi connectivity index (χ0) is 13.9. The van der Waals surface area contributed by atoms with Crippen molar-refractivity contribution < 1.29 is 4.42 Å². The zero-order valence-corrected chi connectivity index (χ0v) is 11.4. The summed E-state index contributed by atoms with van der Waals surface area (Å²) < 4.78 is 5.37. The van der Waals surface area contributed by atoms with Gasteiger partial charge in [-0.3, -0.25) is 0 Å². The predicted octanol–water partition coefficient (Wildman–Crippen LogP) is 3.95. The van der Waals surface area contributed by atoms with Gasteiger partial charge in [0, 0.05) is 17.6 Å². The Morgan fingerprint density at radius 2 is 2.00 bits per heavy atom. The molecule has 0 saturated carbocycles. The molecule has 0 aliphatic rings. The molecule has 0 spiro atoms. The molecule has 4 heteroatoms. The lowest BCUT2D eigenvalue weighted by Crippen LogP contribution is -2.02. The van der Waals surface area contributed by atoms with E-state index in [1.165, 1.54) is 11.8 Å². The van der Waals surface area contributed by atoms with Gasteiger partial charge >= 0.3 is 5.63 Å². The topological polar surface area (TPSA) is 54.0 Å². The maximum Gasteiger partial charge on any atom is 0.350 e. The van der Waals surface area contributed by atoms with E-state index >= 15 is 0 Å². The van der Waals surface area contributed by atoms with E-state index in [9.17, 15) is 4.79 Å². The molecule has 3 nitrogen and oxygen atoms in total. The highest BCUT2D eigenvalue weighted by molar-refractivity contribution is 7.99. The van der Waals surface area contributed by atoms with Gasteiger partial charge in [0.25, 0.3) is 0 Å². The van der Waals surface area contributed by atoms with Crippen LogP contribution < -0.4 is 5.63 Å². The Labute approximate surface area is 119 Å². The zero-order valence-electron chi connectivity index (χ0n) is 10.6. The summed E-state index contributed by atoms with van der Waals surface area (Å²) in [6.07, 6.45) is 0.414. The van der Waals surface area contributed by atoms with Crippen molar-refractivity contribution in [1.29, 1.82) is 5.26 Å². The lowest BCUT2D eigenvalue weighted by molar-refractivity contribution is 0.544. The molecule has 1 aromatic heterocycles. The van der Waals surface area contributed by atoms with Crippen LogP contribution in [-0.2, 0) is 0 Å². The quantitative estimate of drug-likeness (QED) is 0.316. The molecule has 0 fully saturated rings. The van der Waals surface area contributed by atoms with Gasteiger partial charge in [-0.15, -0.1) is 11.8 Å². The normalized spacial score (nSPS) is 10.8. The van der Waals surface area contributed by atoms with Gasteiger partial charge in [0.2, 0.25) is 0 Å². The summed E-state index contributed by atoms with van der Waals surface area (Å²) in [5.74, 6) is 0.595. The molecule has 1 heterocycles. The molecule has 0 radical (unpaired) electrons. The van der Waals surface area contributed by atoms with Gasteiger partial charge in [-0.2, -0.15) is 5.26 Å². The molecule has 98 valence electrons. The third-order valence-corrected chi connectivity index (χ3v) is 4.09. The van der Waals surface area contributed by atoms with E-state index in [2.05, 4.69) is 6.07 Å². The summed E-state index contributed by atoms with van der Waals surface area (Å²) in [5.41, 5.74) is 0.258. The van der Waals surface area contributed by atoms with Crippen LogP contribution in [0.3, 0.4) is 0 Å². The van der Waals surface area contributed by atoms with E-state index in [0.29, 0.717) is 22.7 Å². The second kappa shape index (κ2) is 5.40. The maximum atomic E-state index is 11.9. The largest absolute Gasteiger partial charge is 0.422 e.